The van der Waals surface area contributed by atoms with E-state index in [4.69, 9.17) is 0 Å². The second-order valence-corrected chi connectivity index (χ2v) is 8.94. The fourth-order valence-corrected chi connectivity index (χ4v) is 3.70. The zero-order valence-electron chi connectivity index (χ0n) is 6.13. The molecule has 8 heavy (non-hydrogen) atoms. The van der Waals surface area contributed by atoms with E-state index >= 15 is 0 Å². The van der Waals surface area contributed by atoms with Gasteiger partial charge in [-0.05, 0) is 0 Å². The van der Waals surface area contributed by atoms with Crippen molar-refractivity contribution in [1.29, 1.82) is 0 Å². The maximum Gasteiger partial charge on any atom is -0.153 e. The summed E-state index contributed by atoms with van der Waals surface area (Å²) in [6, 6.07) is 0. The van der Waals surface area contributed by atoms with Crippen molar-refractivity contribution in [1.82, 2.24) is 0 Å². The minimum atomic E-state index is -0.248. The SMILES string of the molecule is C[CH2][Au]([CH2]C)[CH2]C.P. The van der Waals surface area contributed by atoms with Gasteiger partial charge < -0.3 is 0 Å². The van der Waals surface area contributed by atoms with E-state index in [9.17, 15) is 0 Å². The molecule has 0 aromatic heterocycles. The Morgan fingerprint density at radius 3 is 1.12 bits per heavy atom. The van der Waals surface area contributed by atoms with Gasteiger partial charge in [0.25, 0.3) is 0 Å². The maximum absolute atomic E-state index is 2.33. The Bertz CT molecular complexity index is 30.0. The number of hydrogen-bond acceptors (Lipinski definition) is 0. The molecular weight excluding hydrogens is 300 g/mol. The topological polar surface area (TPSA) is 0 Å². The van der Waals surface area contributed by atoms with E-state index in [1.165, 1.54) is 13.9 Å². The summed E-state index contributed by atoms with van der Waals surface area (Å²) in [5, 5.41) is 0. The minimum absolute atomic E-state index is 0. The third-order valence-corrected chi connectivity index (χ3v) is 7.40. The monoisotopic (exact) mass is 318 g/mol. The second kappa shape index (κ2) is 8.17. The van der Waals surface area contributed by atoms with E-state index in [1.54, 1.807) is 0 Å². The standard InChI is InChI=1S/3C2H5.Au.H3P/c3*1-2;;/h3*1H2,2H3;;1H3. The third kappa shape index (κ3) is 5.31. The molecule has 0 aromatic carbocycles. The summed E-state index contributed by atoms with van der Waals surface area (Å²) in [4.78, 5) is 0. The first-order chi connectivity index (χ1) is 3.35. The molecule has 0 fully saturated rings. The van der Waals surface area contributed by atoms with Gasteiger partial charge in [0.1, 0.15) is 0 Å². The van der Waals surface area contributed by atoms with Crippen LogP contribution >= 0.6 is 9.90 Å². The zero-order valence-corrected chi connectivity index (χ0v) is 9.71. The molecule has 0 saturated heterocycles. The molecule has 0 saturated carbocycles. The smallest absolute Gasteiger partial charge is 0.153 e. The molecule has 0 aliphatic rings. The zero-order chi connectivity index (χ0) is 5.70. The van der Waals surface area contributed by atoms with Crippen molar-refractivity contribution in [3.63, 3.8) is 0 Å². The Hall–Kier alpha value is 1.17. The van der Waals surface area contributed by atoms with Crippen molar-refractivity contribution in [2.24, 2.45) is 0 Å². The molecule has 0 amide bonds. The summed E-state index contributed by atoms with van der Waals surface area (Å²) >= 11 is -0.248. The second-order valence-electron chi connectivity index (χ2n) is 1.09. The Morgan fingerprint density at radius 1 is 0.875 bits per heavy atom. The van der Waals surface area contributed by atoms with Crippen LogP contribution in [0.15, 0.2) is 0 Å². The van der Waals surface area contributed by atoms with Crippen molar-refractivity contribution in [2.45, 2.75) is 34.7 Å². The van der Waals surface area contributed by atoms with Crippen LogP contribution in [0.1, 0.15) is 20.8 Å². The van der Waals surface area contributed by atoms with Gasteiger partial charge in [-0.25, -0.2) is 0 Å². The third-order valence-electron chi connectivity index (χ3n) is 0.905. The molecule has 1 atom stereocenters. The molecule has 0 aromatic rings. The van der Waals surface area contributed by atoms with Crippen molar-refractivity contribution in [2.75, 3.05) is 0 Å². The Labute approximate surface area is 63.2 Å². The molecule has 0 bridgehead atoms. The van der Waals surface area contributed by atoms with Gasteiger partial charge in [-0.3, -0.25) is 0 Å². The molecule has 0 heterocycles. The number of hydrogen-bond donors (Lipinski definition) is 0. The molecule has 58 valence electrons. The summed E-state index contributed by atoms with van der Waals surface area (Å²) in [7, 11) is 0. The van der Waals surface area contributed by atoms with Crippen molar-refractivity contribution in [3.05, 3.63) is 0 Å². The first kappa shape index (κ1) is 11.9. The largest absolute Gasteiger partial charge is 0.153 e. The molecule has 1 unspecified atom stereocenters. The average molecular weight is 318 g/mol. The average Bonchev–Trinajstić information content (AvgIpc) is 1.72. The fourth-order valence-electron chi connectivity index (χ4n) is 0.452. The van der Waals surface area contributed by atoms with Crippen LogP contribution in [0, 0.1) is 0 Å². The Kier molecular flexibility index (Phi) is 12.2. The fraction of sp³-hybridized carbons (Fsp3) is 1.00. The van der Waals surface area contributed by atoms with Gasteiger partial charge in [0.05, 0.1) is 0 Å². The van der Waals surface area contributed by atoms with Crippen molar-refractivity contribution >= 4 is 9.90 Å². The summed E-state index contributed by atoms with van der Waals surface area (Å²) in [6.45, 7) is 6.98. The van der Waals surface area contributed by atoms with E-state index in [0.717, 1.165) is 0 Å². The van der Waals surface area contributed by atoms with Crippen LogP contribution < -0.4 is 0 Å². The van der Waals surface area contributed by atoms with E-state index in [2.05, 4.69) is 20.8 Å². The Balaban J connectivity index is 0. The van der Waals surface area contributed by atoms with Crippen LogP contribution in [-0.2, 0) is 18.4 Å². The normalized spacial score (nSPS) is 10.1. The molecule has 2 heteroatoms. The van der Waals surface area contributed by atoms with Crippen LogP contribution in [0.3, 0.4) is 0 Å². The first-order valence-electron chi connectivity index (χ1n) is 2.76. The Morgan fingerprint density at radius 2 is 1.12 bits per heavy atom. The van der Waals surface area contributed by atoms with Gasteiger partial charge in [-0.15, -0.1) is 0 Å². The summed E-state index contributed by atoms with van der Waals surface area (Å²) in [5.41, 5.74) is 0. The van der Waals surface area contributed by atoms with Crippen LogP contribution in [0.25, 0.3) is 0 Å². The molecule has 0 aliphatic heterocycles. The van der Waals surface area contributed by atoms with Crippen LogP contribution in [-0.4, -0.2) is 0 Å². The van der Waals surface area contributed by atoms with E-state index in [0.29, 0.717) is 0 Å². The molecule has 0 aliphatic carbocycles. The molecule has 0 rings (SSSR count). The van der Waals surface area contributed by atoms with Crippen LogP contribution in [0.4, 0.5) is 0 Å². The van der Waals surface area contributed by atoms with Gasteiger partial charge in [-0.1, -0.05) is 0 Å². The van der Waals surface area contributed by atoms with E-state index in [-0.39, 0.29) is 28.3 Å². The predicted molar refractivity (Wildman–Crippen MR) is 42.5 cm³/mol. The summed E-state index contributed by atoms with van der Waals surface area (Å²) in [6.07, 6.45) is 0. The summed E-state index contributed by atoms with van der Waals surface area (Å²) < 4.78 is 4.51. The molecule has 0 N–H and O–H groups in total. The molecule has 0 spiro atoms. The maximum atomic E-state index is 2.33. The molecule has 0 nitrogen and oxygen atoms in total. The summed E-state index contributed by atoms with van der Waals surface area (Å²) in [5.74, 6) is 0. The van der Waals surface area contributed by atoms with Gasteiger partial charge in [-0.2, -0.15) is 9.90 Å². The minimum Gasteiger partial charge on any atom is -0.153 e. The molecule has 0 radical (unpaired) electrons. The van der Waals surface area contributed by atoms with Crippen LogP contribution in [0.5, 0.6) is 0 Å². The van der Waals surface area contributed by atoms with Gasteiger partial charge in [0.15, 0.2) is 0 Å². The van der Waals surface area contributed by atoms with Crippen LogP contribution in [0.2, 0.25) is 13.9 Å². The van der Waals surface area contributed by atoms with Gasteiger partial charge in [0, 0.05) is 0 Å². The first-order valence-corrected chi connectivity index (χ1v) is 7.36. The van der Waals surface area contributed by atoms with Crippen molar-refractivity contribution < 1.29 is 18.4 Å². The van der Waals surface area contributed by atoms with E-state index in [1.807, 2.05) is 0 Å². The van der Waals surface area contributed by atoms with Gasteiger partial charge >= 0.3 is 53.1 Å². The van der Waals surface area contributed by atoms with E-state index < -0.39 is 0 Å². The predicted octanol–water partition coefficient (Wildman–Crippen LogP) is 2.98. The quantitative estimate of drug-likeness (QED) is 0.554. The number of rotatable bonds is 3. The van der Waals surface area contributed by atoms with Gasteiger partial charge in [0.2, 0.25) is 0 Å². The van der Waals surface area contributed by atoms with Crippen molar-refractivity contribution in [3.8, 4) is 0 Å². The molecular formula is C6H18AuP.